The van der Waals surface area contributed by atoms with Gasteiger partial charge in [0, 0.05) is 37.8 Å². The molecule has 8 heteroatoms. The van der Waals surface area contributed by atoms with Crippen molar-refractivity contribution in [3.8, 4) is 11.5 Å². The zero-order valence-electron chi connectivity index (χ0n) is 16.4. The van der Waals surface area contributed by atoms with Crippen LogP contribution in [0.15, 0.2) is 41.1 Å². The number of hydrogen-bond acceptors (Lipinski definition) is 5. The minimum absolute atomic E-state index is 0.0000529. The molecule has 0 aliphatic carbocycles. The molecule has 1 saturated heterocycles. The van der Waals surface area contributed by atoms with Gasteiger partial charge in [0.1, 0.15) is 11.5 Å². The maximum Gasteiger partial charge on any atom is 0.274 e. The summed E-state index contributed by atoms with van der Waals surface area (Å²) in [6, 6.07) is 7.77. The monoisotopic (exact) mass is 397 g/mol. The molecule has 1 amide bonds. The fourth-order valence-corrected chi connectivity index (χ4v) is 3.70. The second-order valence-corrected chi connectivity index (χ2v) is 7.38. The predicted octanol–water partition coefficient (Wildman–Crippen LogP) is 3.58. The lowest BCUT2D eigenvalue weighted by Crippen LogP contribution is -2.40. The fourth-order valence-electron chi connectivity index (χ4n) is 3.70. The number of carbonyl (C=O) groups excluding carboxylic acids is 1. The molecule has 1 atom stereocenters. The highest BCUT2D eigenvalue weighted by Gasteiger charge is 2.26. The average molecular weight is 397 g/mol. The van der Waals surface area contributed by atoms with E-state index in [1.54, 1.807) is 22.9 Å². The Kier molecular flexibility index (Phi) is 5.69. The molecule has 152 valence electrons. The number of piperidine rings is 1. The van der Waals surface area contributed by atoms with Crippen molar-refractivity contribution in [3.05, 3.63) is 53.9 Å². The van der Waals surface area contributed by atoms with Crippen molar-refractivity contribution < 1.29 is 13.7 Å². The molecule has 0 saturated carbocycles. The predicted molar refractivity (Wildman–Crippen MR) is 105 cm³/mol. The van der Waals surface area contributed by atoms with Crippen molar-refractivity contribution in [1.29, 1.82) is 0 Å². The molecular weight excluding hydrogens is 373 g/mol. The topological polar surface area (TPSA) is 77.0 Å². The molecule has 0 radical (unpaired) electrons. The molecule has 1 aliphatic rings. The Balaban J connectivity index is 1.33. The van der Waals surface area contributed by atoms with Crippen LogP contribution in [0, 0.1) is 11.7 Å². The summed E-state index contributed by atoms with van der Waals surface area (Å²) in [5, 5.41) is 8.37. The Morgan fingerprint density at radius 2 is 2.10 bits per heavy atom. The third-order valence-electron chi connectivity index (χ3n) is 5.33. The average Bonchev–Trinajstić information content (AvgIpc) is 3.42. The van der Waals surface area contributed by atoms with E-state index in [-0.39, 0.29) is 11.7 Å². The Hall–Kier alpha value is -3.03. The van der Waals surface area contributed by atoms with Gasteiger partial charge in [-0.25, -0.2) is 4.39 Å². The normalized spacial score (nSPS) is 16.9. The smallest absolute Gasteiger partial charge is 0.274 e. The highest BCUT2D eigenvalue weighted by atomic mass is 19.1. The van der Waals surface area contributed by atoms with Crippen LogP contribution in [0.1, 0.15) is 42.5 Å². The van der Waals surface area contributed by atoms with Gasteiger partial charge < -0.3 is 9.42 Å². The molecule has 29 heavy (non-hydrogen) atoms. The van der Waals surface area contributed by atoms with Gasteiger partial charge in [-0.2, -0.15) is 10.1 Å². The van der Waals surface area contributed by atoms with Crippen molar-refractivity contribution in [2.24, 2.45) is 5.92 Å². The second kappa shape index (κ2) is 8.55. The summed E-state index contributed by atoms with van der Waals surface area (Å²) in [5.41, 5.74) is 1.21. The number of hydrogen-bond donors (Lipinski definition) is 0. The Labute approximate surface area is 168 Å². The van der Waals surface area contributed by atoms with Gasteiger partial charge in [0.15, 0.2) is 5.82 Å². The largest absolute Gasteiger partial charge is 0.337 e. The minimum atomic E-state index is -0.300. The molecule has 3 aromatic rings. The number of benzene rings is 1. The maximum absolute atomic E-state index is 13.1. The van der Waals surface area contributed by atoms with Crippen molar-refractivity contribution in [2.45, 2.75) is 39.2 Å². The number of likely N-dealkylation sites (tertiary alicyclic amines) is 1. The lowest BCUT2D eigenvalue weighted by Gasteiger charge is -2.32. The van der Waals surface area contributed by atoms with E-state index in [2.05, 4.69) is 15.2 Å². The lowest BCUT2D eigenvalue weighted by atomic mass is 9.93. The van der Waals surface area contributed by atoms with Gasteiger partial charge in [-0.3, -0.25) is 9.48 Å². The van der Waals surface area contributed by atoms with Crippen LogP contribution < -0.4 is 0 Å². The van der Waals surface area contributed by atoms with Crippen LogP contribution >= 0.6 is 0 Å². The summed E-state index contributed by atoms with van der Waals surface area (Å²) in [6.07, 6.45) is 5.47. The zero-order chi connectivity index (χ0) is 20.2. The minimum Gasteiger partial charge on any atom is -0.337 e. The van der Waals surface area contributed by atoms with Crippen LogP contribution in [0.4, 0.5) is 4.39 Å². The first kappa shape index (κ1) is 19.3. The number of aryl methyl sites for hydroxylation is 2. The van der Waals surface area contributed by atoms with E-state index in [1.807, 2.05) is 18.0 Å². The van der Waals surface area contributed by atoms with Gasteiger partial charge in [0.05, 0.1) is 0 Å². The van der Waals surface area contributed by atoms with Crippen LogP contribution in [0.5, 0.6) is 0 Å². The summed E-state index contributed by atoms with van der Waals surface area (Å²) in [4.78, 5) is 19.0. The Morgan fingerprint density at radius 1 is 1.28 bits per heavy atom. The molecule has 1 fully saturated rings. The molecule has 1 unspecified atom stereocenters. The number of amides is 1. The van der Waals surface area contributed by atoms with Gasteiger partial charge in [-0.1, -0.05) is 5.16 Å². The first-order valence-electron chi connectivity index (χ1n) is 10.0. The van der Waals surface area contributed by atoms with Gasteiger partial charge in [-0.15, -0.1) is 0 Å². The van der Waals surface area contributed by atoms with Gasteiger partial charge in [-0.05, 0) is 62.4 Å². The van der Waals surface area contributed by atoms with Crippen molar-refractivity contribution in [2.75, 3.05) is 13.1 Å². The van der Waals surface area contributed by atoms with Crippen molar-refractivity contribution in [1.82, 2.24) is 24.8 Å². The van der Waals surface area contributed by atoms with Crippen LogP contribution in [0.25, 0.3) is 11.5 Å². The van der Waals surface area contributed by atoms with Crippen LogP contribution in [-0.2, 0) is 13.0 Å². The summed E-state index contributed by atoms with van der Waals surface area (Å²) in [5.74, 6) is 1.13. The summed E-state index contributed by atoms with van der Waals surface area (Å²) < 4.78 is 20.1. The molecular formula is C21H24FN5O2. The van der Waals surface area contributed by atoms with Crippen LogP contribution in [-0.4, -0.2) is 43.8 Å². The van der Waals surface area contributed by atoms with E-state index in [9.17, 15) is 9.18 Å². The van der Waals surface area contributed by atoms with Crippen molar-refractivity contribution >= 4 is 5.91 Å². The second-order valence-electron chi connectivity index (χ2n) is 7.38. The molecule has 3 heterocycles. The standard InChI is InChI=1S/C21H24FN5O2/c1-2-27-13-11-18(24-27)21(28)26-12-3-4-15(14-26)5-10-19-23-20(29-25-19)16-6-8-17(22)9-7-16/h6-9,11,13,15H,2-5,10,12,14H2,1H3. The van der Waals surface area contributed by atoms with Crippen molar-refractivity contribution in [3.63, 3.8) is 0 Å². The van der Waals surface area contributed by atoms with Crippen LogP contribution in [0.3, 0.4) is 0 Å². The third kappa shape index (κ3) is 4.52. The lowest BCUT2D eigenvalue weighted by molar-refractivity contribution is 0.0661. The van der Waals surface area contributed by atoms with E-state index in [4.69, 9.17) is 4.52 Å². The third-order valence-corrected chi connectivity index (χ3v) is 5.33. The summed E-state index contributed by atoms with van der Waals surface area (Å²) in [6.45, 7) is 4.24. The molecule has 2 aromatic heterocycles. The van der Waals surface area contributed by atoms with E-state index < -0.39 is 0 Å². The molecule has 1 aliphatic heterocycles. The van der Waals surface area contributed by atoms with Crippen LogP contribution in [0.2, 0.25) is 0 Å². The first-order chi connectivity index (χ1) is 14.1. The maximum atomic E-state index is 13.1. The molecule has 1 aromatic carbocycles. The SMILES string of the molecule is CCn1ccc(C(=O)N2CCCC(CCc3noc(-c4ccc(F)cc4)n3)C2)n1. The highest BCUT2D eigenvalue weighted by Crippen LogP contribution is 2.23. The summed E-state index contributed by atoms with van der Waals surface area (Å²) in [7, 11) is 0. The van der Waals surface area contributed by atoms with Gasteiger partial charge in [0.2, 0.25) is 0 Å². The molecule has 7 nitrogen and oxygen atoms in total. The highest BCUT2D eigenvalue weighted by molar-refractivity contribution is 5.92. The number of rotatable bonds is 6. The van der Waals surface area contributed by atoms with E-state index >= 15 is 0 Å². The number of aromatic nitrogens is 4. The van der Waals surface area contributed by atoms with Gasteiger partial charge >= 0.3 is 0 Å². The molecule has 0 N–H and O–H groups in total. The van der Waals surface area contributed by atoms with E-state index in [0.29, 0.717) is 35.3 Å². The zero-order valence-corrected chi connectivity index (χ0v) is 16.4. The Morgan fingerprint density at radius 3 is 2.86 bits per heavy atom. The van der Waals surface area contributed by atoms with E-state index in [0.717, 1.165) is 38.9 Å². The van der Waals surface area contributed by atoms with E-state index in [1.165, 1.54) is 12.1 Å². The molecule has 0 spiro atoms. The molecule has 0 bridgehead atoms. The number of nitrogens with zero attached hydrogens (tertiary/aromatic N) is 5. The fraction of sp³-hybridized carbons (Fsp3) is 0.429. The number of carbonyl (C=O) groups is 1. The number of halogens is 1. The molecule has 4 rings (SSSR count). The Bertz CT molecular complexity index is 966. The quantitative estimate of drug-likeness (QED) is 0.635. The van der Waals surface area contributed by atoms with Gasteiger partial charge in [0.25, 0.3) is 11.8 Å². The summed E-state index contributed by atoms with van der Waals surface area (Å²) >= 11 is 0. The first-order valence-corrected chi connectivity index (χ1v) is 10.0.